The summed E-state index contributed by atoms with van der Waals surface area (Å²) in [5.41, 5.74) is 2.30. The first-order valence-corrected chi connectivity index (χ1v) is 9.79. The Balaban J connectivity index is 1.63. The highest BCUT2D eigenvalue weighted by molar-refractivity contribution is 9.10. The van der Waals surface area contributed by atoms with E-state index >= 15 is 0 Å². The molecule has 1 fully saturated rings. The third-order valence-corrected chi connectivity index (χ3v) is 5.43. The van der Waals surface area contributed by atoms with Gasteiger partial charge in [-0.05, 0) is 49.1 Å². The zero-order valence-corrected chi connectivity index (χ0v) is 16.5. The number of aliphatic imine (C=N–C) groups is 1. The van der Waals surface area contributed by atoms with Crippen molar-refractivity contribution in [3.8, 4) is 0 Å². The molecule has 0 saturated heterocycles. The molecule has 26 heavy (non-hydrogen) atoms. The molecular formula is C20H25BrN4O. The fourth-order valence-electron chi connectivity index (χ4n) is 3.02. The van der Waals surface area contributed by atoms with Crippen molar-refractivity contribution in [2.24, 2.45) is 4.99 Å². The molecule has 3 rings (SSSR count). The van der Waals surface area contributed by atoms with Crippen molar-refractivity contribution in [1.82, 2.24) is 15.6 Å². The number of pyridine rings is 1. The normalized spacial score (nSPS) is 16.8. The minimum absolute atomic E-state index is 0.131. The van der Waals surface area contributed by atoms with E-state index < -0.39 is 6.10 Å². The monoisotopic (exact) mass is 416 g/mol. The molecule has 2 aromatic rings. The van der Waals surface area contributed by atoms with Crippen molar-refractivity contribution in [3.05, 3.63) is 64.4 Å². The van der Waals surface area contributed by atoms with Gasteiger partial charge in [-0.15, -0.1) is 0 Å². The van der Waals surface area contributed by atoms with E-state index in [1.807, 2.05) is 25.1 Å². The van der Waals surface area contributed by atoms with E-state index in [0.29, 0.717) is 6.54 Å². The Morgan fingerprint density at radius 2 is 1.96 bits per heavy atom. The molecule has 1 atom stereocenters. The van der Waals surface area contributed by atoms with Gasteiger partial charge in [0.25, 0.3) is 0 Å². The van der Waals surface area contributed by atoms with Crippen molar-refractivity contribution in [2.45, 2.75) is 31.3 Å². The van der Waals surface area contributed by atoms with Crippen LogP contribution in [-0.4, -0.2) is 35.7 Å². The summed E-state index contributed by atoms with van der Waals surface area (Å²) in [6.07, 6.45) is 5.08. The molecule has 0 amide bonds. The topological polar surface area (TPSA) is 69.5 Å². The summed E-state index contributed by atoms with van der Waals surface area (Å²) in [7, 11) is 0. The number of guanidine groups is 1. The molecule has 1 aliphatic rings. The standard InChI is InChI=1S/C20H25BrN4O/c1-2-23-19(24-13-18(26)15-7-11-22-12-8-15)25-14-20(9-10-20)16-5-3-4-6-17(16)21/h3-8,11-12,18,26H,2,9-10,13-14H2,1H3,(H2,23,24,25). The van der Waals surface area contributed by atoms with E-state index in [4.69, 9.17) is 4.99 Å². The third kappa shape index (κ3) is 4.62. The number of nitrogens with zero attached hydrogens (tertiary/aromatic N) is 2. The summed E-state index contributed by atoms with van der Waals surface area (Å²) in [6.45, 7) is 3.95. The number of aromatic nitrogens is 1. The molecule has 6 heteroatoms. The highest BCUT2D eigenvalue weighted by Crippen LogP contribution is 2.50. The number of aliphatic hydroxyl groups is 1. The Kier molecular flexibility index (Phi) is 6.27. The Labute approximate surface area is 163 Å². The van der Waals surface area contributed by atoms with Crippen LogP contribution >= 0.6 is 15.9 Å². The average molecular weight is 417 g/mol. The number of hydrogen-bond acceptors (Lipinski definition) is 3. The molecule has 1 unspecified atom stereocenters. The molecule has 1 aromatic carbocycles. The van der Waals surface area contributed by atoms with Crippen LogP contribution in [-0.2, 0) is 5.41 Å². The summed E-state index contributed by atoms with van der Waals surface area (Å²) in [5.74, 6) is 0.735. The van der Waals surface area contributed by atoms with Crippen molar-refractivity contribution >= 4 is 21.9 Å². The number of nitrogens with one attached hydrogen (secondary N) is 2. The maximum absolute atomic E-state index is 10.3. The first-order valence-electron chi connectivity index (χ1n) is 9.00. The SMILES string of the molecule is CCNC(=NCC1(c2ccccc2Br)CC1)NCC(O)c1ccncc1. The third-order valence-electron chi connectivity index (χ3n) is 4.74. The second-order valence-electron chi connectivity index (χ2n) is 6.63. The molecule has 5 nitrogen and oxygen atoms in total. The smallest absolute Gasteiger partial charge is 0.191 e. The Morgan fingerprint density at radius 1 is 1.23 bits per heavy atom. The molecule has 3 N–H and O–H groups in total. The van der Waals surface area contributed by atoms with Gasteiger partial charge in [-0.25, -0.2) is 0 Å². The van der Waals surface area contributed by atoms with Gasteiger partial charge in [-0.1, -0.05) is 34.1 Å². The number of halogens is 1. The number of aliphatic hydroxyl groups excluding tert-OH is 1. The first kappa shape index (κ1) is 18.9. The van der Waals surface area contributed by atoms with Gasteiger partial charge in [0.2, 0.25) is 0 Å². The Bertz CT molecular complexity index is 746. The van der Waals surface area contributed by atoms with E-state index in [0.717, 1.165) is 41.9 Å². The van der Waals surface area contributed by atoms with Crippen molar-refractivity contribution in [2.75, 3.05) is 19.6 Å². The largest absolute Gasteiger partial charge is 0.387 e. The van der Waals surface area contributed by atoms with E-state index in [9.17, 15) is 5.11 Å². The van der Waals surface area contributed by atoms with Crippen LogP contribution in [0.3, 0.4) is 0 Å². The average Bonchev–Trinajstić information content (AvgIpc) is 3.46. The molecule has 0 radical (unpaired) electrons. The number of rotatable bonds is 7. The van der Waals surface area contributed by atoms with Crippen molar-refractivity contribution < 1.29 is 5.11 Å². The van der Waals surface area contributed by atoms with Crippen molar-refractivity contribution in [1.29, 1.82) is 0 Å². The lowest BCUT2D eigenvalue weighted by atomic mass is 9.96. The molecule has 1 aliphatic carbocycles. The van der Waals surface area contributed by atoms with Gasteiger partial charge in [0.15, 0.2) is 5.96 Å². The zero-order valence-electron chi connectivity index (χ0n) is 15.0. The maximum atomic E-state index is 10.3. The van der Waals surface area contributed by atoms with Gasteiger partial charge >= 0.3 is 0 Å². The van der Waals surface area contributed by atoms with Gasteiger partial charge in [0.1, 0.15) is 0 Å². The lowest BCUT2D eigenvalue weighted by Crippen LogP contribution is -2.40. The molecule has 0 spiro atoms. The summed E-state index contributed by atoms with van der Waals surface area (Å²) >= 11 is 3.67. The minimum Gasteiger partial charge on any atom is -0.387 e. The number of benzene rings is 1. The van der Waals surface area contributed by atoms with Crippen LogP contribution in [0.5, 0.6) is 0 Å². The molecule has 1 saturated carbocycles. The lowest BCUT2D eigenvalue weighted by molar-refractivity contribution is 0.180. The maximum Gasteiger partial charge on any atom is 0.191 e. The summed E-state index contributed by atoms with van der Waals surface area (Å²) in [6, 6.07) is 12.0. The molecule has 1 heterocycles. The Hall–Kier alpha value is -1.92. The zero-order chi connectivity index (χ0) is 18.4. The van der Waals surface area contributed by atoms with Gasteiger partial charge in [-0.3, -0.25) is 9.98 Å². The van der Waals surface area contributed by atoms with E-state index in [1.165, 1.54) is 5.56 Å². The van der Waals surface area contributed by atoms with Gasteiger partial charge in [0.05, 0.1) is 12.6 Å². The molecule has 0 bridgehead atoms. The summed E-state index contributed by atoms with van der Waals surface area (Å²) in [5, 5.41) is 16.8. The van der Waals surface area contributed by atoms with Gasteiger partial charge in [-0.2, -0.15) is 0 Å². The summed E-state index contributed by atoms with van der Waals surface area (Å²) < 4.78 is 1.15. The number of hydrogen-bond donors (Lipinski definition) is 3. The van der Waals surface area contributed by atoms with Crippen LogP contribution in [0.25, 0.3) is 0 Å². The van der Waals surface area contributed by atoms with E-state index in [-0.39, 0.29) is 5.41 Å². The van der Waals surface area contributed by atoms with Crippen LogP contribution < -0.4 is 10.6 Å². The highest BCUT2D eigenvalue weighted by atomic mass is 79.9. The molecule has 138 valence electrons. The second-order valence-corrected chi connectivity index (χ2v) is 7.49. The van der Waals surface area contributed by atoms with Crippen LogP contribution in [0.1, 0.15) is 37.0 Å². The molecular weight excluding hydrogens is 392 g/mol. The van der Waals surface area contributed by atoms with E-state index in [2.05, 4.69) is 49.7 Å². The predicted octanol–water partition coefficient (Wildman–Crippen LogP) is 3.16. The highest BCUT2D eigenvalue weighted by Gasteiger charge is 2.45. The fraction of sp³-hybridized carbons (Fsp3) is 0.400. The van der Waals surface area contributed by atoms with Crippen molar-refractivity contribution in [3.63, 3.8) is 0 Å². The quantitative estimate of drug-likeness (QED) is 0.478. The fourth-order valence-corrected chi connectivity index (χ4v) is 3.73. The first-order chi connectivity index (χ1) is 12.6. The van der Waals surface area contributed by atoms with Crippen LogP contribution in [0, 0.1) is 0 Å². The van der Waals surface area contributed by atoms with Gasteiger partial charge < -0.3 is 15.7 Å². The van der Waals surface area contributed by atoms with Crippen LogP contribution in [0.2, 0.25) is 0 Å². The second kappa shape index (κ2) is 8.64. The summed E-state index contributed by atoms with van der Waals surface area (Å²) in [4.78, 5) is 8.76. The van der Waals surface area contributed by atoms with Crippen LogP contribution in [0.15, 0.2) is 58.3 Å². The van der Waals surface area contributed by atoms with Gasteiger partial charge in [0, 0.05) is 35.4 Å². The Morgan fingerprint density at radius 3 is 2.62 bits per heavy atom. The lowest BCUT2D eigenvalue weighted by Gasteiger charge is -2.18. The van der Waals surface area contributed by atoms with Crippen LogP contribution in [0.4, 0.5) is 0 Å². The molecule has 1 aromatic heterocycles. The molecule has 0 aliphatic heterocycles. The minimum atomic E-state index is -0.597. The predicted molar refractivity (Wildman–Crippen MR) is 108 cm³/mol. The van der Waals surface area contributed by atoms with E-state index in [1.54, 1.807) is 12.4 Å².